The molecule has 0 amide bonds. The number of benzene rings is 1. The standard InChI is InChI=1S/C13H20N2O2S/c1-14-11-13(12-5-3-2-4-6-12)15-7-9-18(16,17)10-8-15/h2-6,13-14H,7-11H2,1H3. The predicted octanol–water partition coefficient (Wildman–Crippen LogP) is 0.677. The largest absolute Gasteiger partial charge is 0.318 e. The smallest absolute Gasteiger partial charge is 0.152 e. The third-order valence-electron chi connectivity index (χ3n) is 3.40. The normalized spacial score (nSPS) is 21.6. The van der Waals surface area contributed by atoms with Gasteiger partial charge in [0.1, 0.15) is 0 Å². The zero-order chi connectivity index (χ0) is 13.0. The van der Waals surface area contributed by atoms with Crippen LogP contribution in [0.5, 0.6) is 0 Å². The van der Waals surface area contributed by atoms with Gasteiger partial charge in [-0.1, -0.05) is 30.3 Å². The van der Waals surface area contributed by atoms with Crippen molar-refractivity contribution in [2.75, 3.05) is 38.2 Å². The lowest BCUT2D eigenvalue weighted by molar-refractivity contribution is 0.211. The summed E-state index contributed by atoms with van der Waals surface area (Å²) < 4.78 is 22.9. The maximum atomic E-state index is 11.5. The molecule has 1 fully saturated rings. The Morgan fingerprint density at radius 1 is 1.22 bits per heavy atom. The highest BCUT2D eigenvalue weighted by Crippen LogP contribution is 2.21. The summed E-state index contributed by atoms with van der Waals surface area (Å²) in [4.78, 5) is 2.26. The molecule has 1 unspecified atom stereocenters. The van der Waals surface area contributed by atoms with Gasteiger partial charge < -0.3 is 5.32 Å². The van der Waals surface area contributed by atoms with Crippen molar-refractivity contribution in [3.63, 3.8) is 0 Å². The van der Waals surface area contributed by atoms with E-state index < -0.39 is 9.84 Å². The first-order valence-electron chi connectivity index (χ1n) is 6.26. The van der Waals surface area contributed by atoms with Crippen LogP contribution in [-0.4, -0.2) is 51.5 Å². The van der Waals surface area contributed by atoms with E-state index in [9.17, 15) is 8.42 Å². The summed E-state index contributed by atoms with van der Waals surface area (Å²) >= 11 is 0. The van der Waals surface area contributed by atoms with Crippen molar-refractivity contribution >= 4 is 9.84 Å². The van der Waals surface area contributed by atoms with Gasteiger partial charge in [-0.2, -0.15) is 0 Å². The van der Waals surface area contributed by atoms with Gasteiger partial charge in [0.15, 0.2) is 9.84 Å². The molecule has 5 heteroatoms. The Bertz CT molecular complexity index is 459. The van der Waals surface area contributed by atoms with E-state index in [-0.39, 0.29) is 17.5 Å². The molecular formula is C13H20N2O2S. The van der Waals surface area contributed by atoms with Crippen LogP contribution < -0.4 is 5.32 Å². The molecule has 1 N–H and O–H groups in total. The van der Waals surface area contributed by atoms with E-state index in [0.29, 0.717) is 13.1 Å². The third kappa shape index (κ3) is 3.31. The molecule has 1 aromatic carbocycles. The number of rotatable bonds is 4. The summed E-state index contributed by atoms with van der Waals surface area (Å²) in [6, 6.07) is 10.5. The maximum absolute atomic E-state index is 11.5. The van der Waals surface area contributed by atoms with Crippen LogP contribution in [0.3, 0.4) is 0 Å². The fourth-order valence-electron chi connectivity index (χ4n) is 2.36. The Labute approximate surface area is 109 Å². The van der Waals surface area contributed by atoms with Crippen LogP contribution >= 0.6 is 0 Å². The highest BCUT2D eigenvalue weighted by atomic mass is 32.2. The van der Waals surface area contributed by atoms with Gasteiger partial charge in [0, 0.05) is 25.7 Å². The van der Waals surface area contributed by atoms with E-state index >= 15 is 0 Å². The van der Waals surface area contributed by atoms with Crippen molar-refractivity contribution in [2.45, 2.75) is 6.04 Å². The molecule has 1 saturated heterocycles. The van der Waals surface area contributed by atoms with Crippen LogP contribution in [0.15, 0.2) is 30.3 Å². The highest BCUT2D eigenvalue weighted by molar-refractivity contribution is 7.91. The lowest BCUT2D eigenvalue weighted by atomic mass is 10.1. The monoisotopic (exact) mass is 268 g/mol. The third-order valence-corrected chi connectivity index (χ3v) is 5.01. The summed E-state index contributed by atoms with van der Waals surface area (Å²) in [5.41, 5.74) is 1.24. The van der Waals surface area contributed by atoms with Crippen molar-refractivity contribution in [1.29, 1.82) is 0 Å². The van der Waals surface area contributed by atoms with Crippen LogP contribution in [0.2, 0.25) is 0 Å². The van der Waals surface area contributed by atoms with E-state index in [1.54, 1.807) is 0 Å². The average molecular weight is 268 g/mol. The summed E-state index contributed by atoms with van der Waals surface area (Å²) in [6.45, 7) is 2.09. The number of likely N-dealkylation sites (N-methyl/N-ethyl adjacent to an activating group) is 1. The minimum atomic E-state index is -2.81. The Kier molecular flexibility index (Phi) is 4.37. The lowest BCUT2D eigenvalue weighted by Crippen LogP contribution is -2.44. The van der Waals surface area contributed by atoms with Crippen LogP contribution in [-0.2, 0) is 9.84 Å². The van der Waals surface area contributed by atoms with Crippen molar-refractivity contribution in [2.24, 2.45) is 0 Å². The minimum absolute atomic E-state index is 0.256. The maximum Gasteiger partial charge on any atom is 0.152 e. The van der Waals surface area contributed by atoms with Gasteiger partial charge in [-0.05, 0) is 12.6 Å². The molecule has 1 aromatic rings. The van der Waals surface area contributed by atoms with Gasteiger partial charge in [0.2, 0.25) is 0 Å². The highest BCUT2D eigenvalue weighted by Gasteiger charge is 2.27. The van der Waals surface area contributed by atoms with Gasteiger partial charge >= 0.3 is 0 Å². The molecule has 18 heavy (non-hydrogen) atoms. The molecule has 0 spiro atoms. The quantitative estimate of drug-likeness (QED) is 0.872. The van der Waals surface area contributed by atoms with Gasteiger partial charge in [-0.15, -0.1) is 0 Å². The summed E-state index contributed by atoms with van der Waals surface area (Å²) in [5, 5.41) is 3.19. The molecule has 1 aliphatic rings. The van der Waals surface area contributed by atoms with E-state index in [0.717, 1.165) is 6.54 Å². The molecule has 0 bridgehead atoms. The van der Waals surface area contributed by atoms with Crippen molar-refractivity contribution < 1.29 is 8.42 Å². The first kappa shape index (κ1) is 13.5. The van der Waals surface area contributed by atoms with Crippen LogP contribution in [0.25, 0.3) is 0 Å². The first-order chi connectivity index (χ1) is 8.62. The average Bonchev–Trinajstić information content (AvgIpc) is 2.38. The molecule has 2 rings (SSSR count). The fourth-order valence-corrected chi connectivity index (χ4v) is 3.59. The molecule has 0 aromatic heterocycles. The van der Waals surface area contributed by atoms with Gasteiger partial charge in [-0.25, -0.2) is 8.42 Å². The lowest BCUT2D eigenvalue weighted by Gasteiger charge is -2.34. The number of sulfone groups is 1. The minimum Gasteiger partial charge on any atom is -0.318 e. The van der Waals surface area contributed by atoms with Crippen molar-refractivity contribution in [1.82, 2.24) is 10.2 Å². The zero-order valence-corrected chi connectivity index (χ0v) is 11.5. The first-order valence-corrected chi connectivity index (χ1v) is 8.08. The number of hydrogen-bond acceptors (Lipinski definition) is 4. The van der Waals surface area contributed by atoms with E-state index in [1.165, 1.54) is 5.56 Å². The second kappa shape index (κ2) is 5.82. The summed E-state index contributed by atoms with van der Waals surface area (Å²) in [7, 11) is -0.881. The van der Waals surface area contributed by atoms with E-state index in [2.05, 4.69) is 22.3 Å². The van der Waals surface area contributed by atoms with Crippen molar-refractivity contribution in [3.05, 3.63) is 35.9 Å². The van der Waals surface area contributed by atoms with Crippen LogP contribution in [0.4, 0.5) is 0 Å². The molecule has 1 aliphatic heterocycles. The van der Waals surface area contributed by atoms with E-state index in [4.69, 9.17) is 0 Å². The molecule has 0 radical (unpaired) electrons. The Morgan fingerprint density at radius 3 is 2.39 bits per heavy atom. The van der Waals surface area contributed by atoms with Gasteiger partial charge in [0.05, 0.1) is 11.5 Å². The number of nitrogens with one attached hydrogen (secondary N) is 1. The SMILES string of the molecule is CNCC(c1ccccc1)N1CCS(=O)(=O)CC1. The molecule has 0 aliphatic carbocycles. The molecule has 1 heterocycles. The van der Waals surface area contributed by atoms with Gasteiger partial charge in [-0.3, -0.25) is 4.90 Å². The Balaban J connectivity index is 2.12. The van der Waals surface area contributed by atoms with Crippen molar-refractivity contribution in [3.8, 4) is 0 Å². The molecule has 100 valence electrons. The Hall–Kier alpha value is -0.910. The molecule has 4 nitrogen and oxygen atoms in total. The zero-order valence-electron chi connectivity index (χ0n) is 10.7. The second-order valence-corrected chi connectivity index (χ2v) is 6.98. The second-order valence-electron chi connectivity index (χ2n) is 4.67. The van der Waals surface area contributed by atoms with E-state index in [1.807, 2.05) is 25.2 Å². The summed E-state index contributed by atoms with van der Waals surface area (Å²) in [6.07, 6.45) is 0. The molecule has 0 saturated carbocycles. The molecule has 1 atom stereocenters. The van der Waals surface area contributed by atoms with Gasteiger partial charge in [0.25, 0.3) is 0 Å². The Morgan fingerprint density at radius 2 is 1.83 bits per heavy atom. The molecular weight excluding hydrogens is 248 g/mol. The van der Waals surface area contributed by atoms with Crippen LogP contribution in [0.1, 0.15) is 11.6 Å². The fraction of sp³-hybridized carbons (Fsp3) is 0.538. The number of hydrogen-bond donors (Lipinski definition) is 1. The van der Waals surface area contributed by atoms with Crippen LogP contribution in [0, 0.1) is 0 Å². The predicted molar refractivity (Wildman–Crippen MR) is 73.3 cm³/mol. The topological polar surface area (TPSA) is 49.4 Å². The summed E-state index contributed by atoms with van der Waals surface area (Å²) in [5.74, 6) is 0.556. The number of nitrogens with zero attached hydrogens (tertiary/aromatic N) is 1.